The van der Waals surface area contributed by atoms with E-state index in [2.05, 4.69) is 9.88 Å². The van der Waals surface area contributed by atoms with Gasteiger partial charge in [0.05, 0.1) is 0 Å². The number of benzene rings is 1. The molecule has 0 saturated heterocycles. The lowest BCUT2D eigenvalue weighted by Crippen LogP contribution is -2.21. The maximum atomic E-state index is 6.19. The predicted octanol–water partition coefficient (Wildman–Crippen LogP) is 3.39. The van der Waals surface area contributed by atoms with E-state index in [4.69, 9.17) is 17.3 Å². The summed E-state index contributed by atoms with van der Waals surface area (Å²) in [6.45, 7) is 2.67. The summed E-state index contributed by atoms with van der Waals surface area (Å²) in [5.74, 6) is 0.900. The van der Waals surface area contributed by atoms with Gasteiger partial charge in [0.1, 0.15) is 5.82 Å². The lowest BCUT2D eigenvalue weighted by atomic mass is 10.1. The Morgan fingerprint density at radius 3 is 2.68 bits per heavy atom. The number of aromatic nitrogens is 1. The maximum Gasteiger partial charge on any atom is 0.133 e. The molecule has 0 saturated carbocycles. The predicted molar refractivity (Wildman–Crippen MR) is 80.4 cm³/mol. The Labute approximate surface area is 119 Å². The number of nitrogens with two attached hydrogens (primary N) is 1. The Balaban J connectivity index is 2.26. The van der Waals surface area contributed by atoms with Gasteiger partial charge in [-0.25, -0.2) is 4.98 Å². The van der Waals surface area contributed by atoms with E-state index < -0.39 is 0 Å². The summed E-state index contributed by atoms with van der Waals surface area (Å²) in [5.41, 5.74) is 8.10. The third-order valence-electron chi connectivity index (χ3n) is 3.03. The minimum atomic E-state index is -0.0441. The summed E-state index contributed by atoms with van der Waals surface area (Å²) in [7, 11) is 2.00. The fourth-order valence-electron chi connectivity index (χ4n) is 2.04. The molecule has 0 unspecified atom stereocenters. The summed E-state index contributed by atoms with van der Waals surface area (Å²) >= 11 is 6.19. The molecule has 1 heterocycles. The van der Waals surface area contributed by atoms with Crippen LogP contribution in [-0.2, 0) is 6.54 Å². The van der Waals surface area contributed by atoms with Crippen LogP contribution in [-0.4, -0.2) is 12.0 Å². The van der Waals surface area contributed by atoms with Gasteiger partial charge in [-0.1, -0.05) is 35.9 Å². The minimum Gasteiger partial charge on any atom is -0.355 e. The normalized spacial score (nSPS) is 12.2. The molecule has 0 fully saturated rings. The molecule has 0 aliphatic rings. The molecule has 0 spiro atoms. The van der Waals surface area contributed by atoms with Crippen molar-refractivity contribution in [3.63, 3.8) is 0 Å². The van der Waals surface area contributed by atoms with Crippen LogP contribution in [0.4, 0.5) is 5.82 Å². The van der Waals surface area contributed by atoms with Crippen molar-refractivity contribution in [2.45, 2.75) is 19.5 Å². The molecule has 3 nitrogen and oxygen atoms in total. The van der Waals surface area contributed by atoms with Gasteiger partial charge in [-0.3, -0.25) is 0 Å². The highest BCUT2D eigenvalue weighted by atomic mass is 35.5. The first-order valence-electron chi connectivity index (χ1n) is 6.24. The molecule has 100 valence electrons. The Morgan fingerprint density at radius 1 is 1.26 bits per heavy atom. The molecule has 0 bridgehead atoms. The molecule has 0 amide bonds. The molecule has 0 radical (unpaired) electrons. The van der Waals surface area contributed by atoms with Gasteiger partial charge in [-0.05, 0) is 24.6 Å². The zero-order valence-electron chi connectivity index (χ0n) is 11.2. The first-order chi connectivity index (χ1) is 9.09. The van der Waals surface area contributed by atoms with Gasteiger partial charge in [0.25, 0.3) is 0 Å². The van der Waals surface area contributed by atoms with Gasteiger partial charge < -0.3 is 10.6 Å². The van der Waals surface area contributed by atoms with E-state index in [0.717, 1.165) is 22.0 Å². The largest absolute Gasteiger partial charge is 0.355 e. The molecule has 2 N–H and O–H groups in total. The quantitative estimate of drug-likeness (QED) is 0.930. The molecule has 1 aromatic heterocycles. The fraction of sp³-hybridized carbons (Fsp3) is 0.267. The van der Waals surface area contributed by atoms with Crippen molar-refractivity contribution in [2.24, 2.45) is 5.73 Å². The molecule has 0 aliphatic carbocycles. The summed E-state index contributed by atoms with van der Waals surface area (Å²) < 4.78 is 0. The highest BCUT2D eigenvalue weighted by molar-refractivity contribution is 6.31. The first kappa shape index (κ1) is 13.8. The Kier molecular flexibility index (Phi) is 4.40. The van der Waals surface area contributed by atoms with E-state index in [-0.39, 0.29) is 6.04 Å². The van der Waals surface area contributed by atoms with Crippen molar-refractivity contribution in [1.29, 1.82) is 0 Å². The van der Waals surface area contributed by atoms with E-state index in [1.54, 1.807) is 6.20 Å². The van der Waals surface area contributed by atoms with Crippen molar-refractivity contribution in [2.75, 3.05) is 11.9 Å². The maximum absolute atomic E-state index is 6.19. The van der Waals surface area contributed by atoms with Crippen LogP contribution >= 0.6 is 11.6 Å². The van der Waals surface area contributed by atoms with Crippen molar-refractivity contribution < 1.29 is 0 Å². The Hall–Kier alpha value is -1.58. The Morgan fingerprint density at radius 2 is 2.00 bits per heavy atom. The van der Waals surface area contributed by atoms with E-state index in [1.165, 1.54) is 0 Å². The third-order valence-corrected chi connectivity index (χ3v) is 3.40. The molecule has 0 aliphatic heterocycles. The SMILES string of the molecule is C[C@@H](N)c1cccnc1N(C)Cc1ccccc1Cl. The van der Waals surface area contributed by atoms with Crippen LogP contribution in [0.5, 0.6) is 0 Å². The second-order valence-electron chi connectivity index (χ2n) is 4.65. The van der Waals surface area contributed by atoms with Gasteiger partial charge in [0.15, 0.2) is 0 Å². The second-order valence-corrected chi connectivity index (χ2v) is 5.06. The highest BCUT2D eigenvalue weighted by Crippen LogP contribution is 2.24. The molecule has 4 heteroatoms. The van der Waals surface area contributed by atoms with Gasteiger partial charge >= 0.3 is 0 Å². The van der Waals surface area contributed by atoms with Crippen LogP contribution in [0.25, 0.3) is 0 Å². The van der Waals surface area contributed by atoms with Gasteiger partial charge in [0.2, 0.25) is 0 Å². The van der Waals surface area contributed by atoms with Crippen LogP contribution in [0.1, 0.15) is 24.1 Å². The minimum absolute atomic E-state index is 0.0441. The van der Waals surface area contributed by atoms with Crippen LogP contribution < -0.4 is 10.6 Å². The average Bonchev–Trinajstić information content (AvgIpc) is 2.41. The number of halogens is 1. The zero-order chi connectivity index (χ0) is 13.8. The summed E-state index contributed by atoms with van der Waals surface area (Å²) in [6.07, 6.45) is 1.78. The number of hydrogen-bond donors (Lipinski definition) is 1. The number of rotatable bonds is 4. The van der Waals surface area contributed by atoms with E-state index in [0.29, 0.717) is 6.54 Å². The highest BCUT2D eigenvalue weighted by Gasteiger charge is 2.12. The van der Waals surface area contributed by atoms with Crippen LogP contribution in [0.15, 0.2) is 42.6 Å². The standard InChI is InChI=1S/C15H18ClN3/c1-11(17)13-7-5-9-18-15(13)19(2)10-12-6-3-4-8-14(12)16/h3-9,11H,10,17H2,1-2H3/t11-/m1/s1. The van der Waals surface area contributed by atoms with E-state index in [1.807, 2.05) is 50.4 Å². The summed E-state index contributed by atoms with van der Waals surface area (Å²) in [4.78, 5) is 6.50. The Bertz CT molecular complexity index is 555. The van der Waals surface area contributed by atoms with Crippen LogP contribution in [0, 0.1) is 0 Å². The average molecular weight is 276 g/mol. The van der Waals surface area contributed by atoms with E-state index >= 15 is 0 Å². The monoisotopic (exact) mass is 275 g/mol. The van der Waals surface area contributed by atoms with E-state index in [9.17, 15) is 0 Å². The number of anilines is 1. The zero-order valence-corrected chi connectivity index (χ0v) is 11.9. The first-order valence-corrected chi connectivity index (χ1v) is 6.62. The van der Waals surface area contributed by atoms with Crippen molar-refractivity contribution >= 4 is 17.4 Å². The molecule has 2 aromatic rings. The van der Waals surface area contributed by atoms with Crippen LogP contribution in [0.2, 0.25) is 5.02 Å². The van der Waals surface area contributed by atoms with Crippen molar-refractivity contribution in [3.8, 4) is 0 Å². The number of pyridine rings is 1. The lowest BCUT2D eigenvalue weighted by molar-refractivity contribution is 0.788. The molecule has 19 heavy (non-hydrogen) atoms. The topological polar surface area (TPSA) is 42.1 Å². The van der Waals surface area contributed by atoms with Gasteiger partial charge in [-0.2, -0.15) is 0 Å². The van der Waals surface area contributed by atoms with Crippen molar-refractivity contribution in [1.82, 2.24) is 4.98 Å². The molecular weight excluding hydrogens is 258 g/mol. The second kappa shape index (κ2) is 6.04. The third kappa shape index (κ3) is 3.25. The van der Waals surface area contributed by atoms with Gasteiger partial charge in [0, 0.05) is 36.4 Å². The molecule has 2 rings (SSSR count). The fourth-order valence-corrected chi connectivity index (χ4v) is 2.24. The van der Waals surface area contributed by atoms with Crippen LogP contribution in [0.3, 0.4) is 0 Å². The van der Waals surface area contributed by atoms with Crippen molar-refractivity contribution in [3.05, 3.63) is 58.7 Å². The number of hydrogen-bond acceptors (Lipinski definition) is 3. The number of nitrogens with zero attached hydrogens (tertiary/aromatic N) is 2. The van der Waals surface area contributed by atoms with Gasteiger partial charge in [-0.15, -0.1) is 0 Å². The molecule has 1 atom stereocenters. The smallest absolute Gasteiger partial charge is 0.133 e. The molecule has 1 aromatic carbocycles. The molecular formula is C15H18ClN3. The lowest BCUT2D eigenvalue weighted by Gasteiger charge is -2.23. The summed E-state index contributed by atoms with van der Waals surface area (Å²) in [5, 5.41) is 0.771. The summed E-state index contributed by atoms with van der Waals surface area (Å²) in [6, 6.07) is 11.7.